The third-order valence-corrected chi connectivity index (χ3v) is 2.79. The summed E-state index contributed by atoms with van der Waals surface area (Å²) in [6, 6.07) is 3.07. The lowest BCUT2D eigenvalue weighted by molar-refractivity contribution is -0.119. The van der Waals surface area contributed by atoms with E-state index in [1.54, 1.807) is 6.07 Å². The highest BCUT2D eigenvalue weighted by molar-refractivity contribution is 7.99. The SMILES string of the molecule is CC(C)(C)NC(=O)CSc1ccc(C(=O)O)cn1. The number of hydrogen-bond donors (Lipinski definition) is 2. The van der Waals surface area contributed by atoms with Gasteiger partial charge in [0.15, 0.2) is 0 Å². The fourth-order valence-corrected chi connectivity index (χ4v) is 1.83. The van der Waals surface area contributed by atoms with E-state index in [1.807, 2.05) is 20.8 Å². The topological polar surface area (TPSA) is 79.3 Å². The van der Waals surface area contributed by atoms with Gasteiger partial charge in [0.05, 0.1) is 16.3 Å². The standard InChI is InChI=1S/C12H16N2O3S/c1-12(2,3)14-9(15)7-18-10-5-4-8(6-13-10)11(16)17/h4-6H,7H2,1-3H3,(H,14,15)(H,16,17). The highest BCUT2D eigenvalue weighted by Crippen LogP contribution is 2.15. The minimum absolute atomic E-state index is 0.0726. The van der Waals surface area contributed by atoms with Crippen LogP contribution >= 0.6 is 11.8 Å². The van der Waals surface area contributed by atoms with Gasteiger partial charge >= 0.3 is 5.97 Å². The van der Waals surface area contributed by atoms with Gasteiger partial charge in [-0.2, -0.15) is 0 Å². The van der Waals surface area contributed by atoms with Crippen LogP contribution in [-0.4, -0.2) is 33.3 Å². The Labute approximate surface area is 110 Å². The number of carboxylic acids is 1. The molecule has 1 aromatic heterocycles. The fraction of sp³-hybridized carbons (Fsp3) is 0.417. The number of pyridine rings is 1. The number of aromatic nitrogens is 1. The third-order valence-electron chi connectivity index (χ3n) is 1.85. The van der Waals surface area contributed by atoms with E-state index in [9.17, 15) is 9.59 Å². The van der Waals surface area contributed by atoms with Crippen LogP contribution in [0.5, 0.6) is 0 Å². The van der Waals surface area contributed by atoms with Crippen molar-refractivity contribution in [3.63, 3.8) is 0 Å². The Kier molecular flexibility index (Phi) is 4.72. The summed E-state index contributed by atoms with van der Waals surface area (Å²) in [5.41, 5.74) is -0.114. The molecule has 18 heavy (non-hydrogen) atoms. The first kappa shape index (κ1) is 14.5. The molecule has 0 aliphatic rings. The van der Waals surface area contributed by atoms with Gasteiger partial charge in [-0.15, -0.1) is 0 Å². The number of aromatic carboxylic acids is 1. The molecule has 5 nitrogen and oxygen atoms in total. The van der Waals surface area contributed by atoms with Crippen LogP contribution in [0.25, 0.3) is 0 Å². The molecule has 2 N–H and O–H groups in total. The number of hydrogen-bond acceptors (Lipinski definition) is 4. The normalized spacial score (nSPS) is 11.1. The smallest absolute Gasteiger partial charge is 0.337 e. The van der Waals surface area contributed by atoms with Crippen molar-refractivity contribution in [1.29, 1.82) is 0 Å². The van der Waals surface area contributed by atoms with Crippen LogP contribution < -0.4 is 5.32 Å². The molecule has 0 saturated heterocycles. The highest BCUT2D eigenvalue weighted by atomic mass is 32.2. The predicted octanol–water partition coefficient (Wildman–Crippen LogP) is 1.79. The summed E-state index contributed by atoms with van der Waals surface area (Å²) in [6.45, 7) is 5.74. The molecule has 0 unspecified atom stereocenters. The average molecular weight is 268 g/mol. The van der Waals surface area contributed by atoms with E-state index in [-0.39, 0.29) is 22.8 Å². The molecule has 0 aliphatic heterocycles. The minimum Gasteiger partial charge on any atom is -0.478 e. The number of carbonyl (C=O) groups excluding carboxylic acids is 1. The molecule has 0 aromatic carbocycles. The second kappa shape index (κ2) is 5.86. The van der Waals surface area contributed by atoms with Gasteiger partial charge in [-0.25, -0.2) is 9.78 Å². The van der Waals surface area contributed by atoms with E-state index in [4.69, 9.17) is 5.11 Å². The lowest BCUT2D eigenvalue weighted by Gasteiger charge is -2.20. The van der Waals surface area contributed by atoms with Crippen molar-refractivity contribution in [2.75, 3.05) is 5.75 Å². The van der Waals surface area contributed by atoms with E-state index in [1.165, 1.54) is 24.0 Å². The first-order valence-corrected chi connectivity index (χ1v) is 6.39. The molecule has 0 atom stereocenters. The first-order chi connectivity index (χ1) is 8.28. The maximum absolute atomic E-state index is 11.6. The summed E-state index contributed by atoms with van der Waals surface area (Å²) < 4.78 is 0. The Bertz CT molecular complexity index is 438. The molecular formula is C12H16N2O3S. The van der Waals surface area contributed by atoms with Crippen LogP contribution in [0.4, 0.5) is 0 Å². The molecule has 0 saturated carbocycles. The molecule has 1 amide bonds. The second-order valence-electron chi connectivity index (χ2n) is 4.78. The summed E-state index contributed by atoms with van der Waals surface area (Å²) in [5, 5.41) is 12.2. The lowest BCUT2D eigenvalue weighted by atomic mass is 10.1. The Morgan fingerprint density at radius 2 is 2.06 bits per heavy atom. The number of carbonyl (C=O) groups is 2. The van der Waals surface area contributed by atoms with Gasteiger partial charge in [-0.3, -0.25) is 4.79 Å². The number of carboxylic acid groups (broad SMARTS) is 1. The lowest BCUT2D eigenvalue weighted by Crippen LogP contribution is -2.41. The van der Waals surface area contributed by atoms with E-state index >= 15 is 0 Å². The zero-order valence-corrected chi connectivity index (χ0v) is 11.4. The van der Waals surface area contributed by atoms with Crippen LogP contribution in [0.3, 0.4) is 0 Å². The van der Waals surface area contributed by atoms with Crippen molar-refractivity contribution >= 4 is 23.6 Å². The summed E-state index contributed by atoms with van der Waals surface area (Å²) in [7, 11) is 0. The monoisotopic (exact) mass is 268 g/mol. The van der Waals surface area contributed by atoms with Crippen molar-refractivity contribution in [1.82, 2.24) is 10.3 Å². The largest absolute Gasteiger partial charge is 0.478 e. The zero-order valence-electron chi connectivity index (χ0n) is 10.6. The van der Waals surface area contributed by atoms with Crippen molar-refractivity contribution < 1.29 is 14.7 Å². The predicted molar refractivity (Wildman–Crippen MR) is 69.8 cm³/mol. The highest BCUT2D eigenvalue weighted by Gasteiger charge is 2.14. The molecule has 98 valence electrons. The maximum Gasteiger partial charge on any atom is 0.337 e. The maximum atomic E-state index is 11.6. The number of nitrogens with one attached hydrogen (secondary N) is 1. The van der Waals surface area contributed by atoms with Crippen LogP contribution in [-0.2, 0) is 4.79 Å². The summed E-state index contributed by atoms with van der Waals surface area (Å²) in [6.07, 6.45) is 1.28. The van der Waals surface area contributed by atoms with Crippen LogP contribution in [0.15, 0.2) is 23.4 Å². The number of nitrogens with zero attached hydrogens (tertiary/aromatic N) is 1. The van der Waals surface area contributed by atoms with Gasteiger partial charge in [0.2, 0.25) is 5.91 Å². The van der Waals surface area contributed by atoms with E-state index in [0.717, 1.165) is 0 Å². The Hall–Kier alpha value is -1.56. The molecule has 1 aromatic rings. The first-order valence-electron chi connectivity index (χ1n) is 5.41. The summed E-state index contributed by atoms with van der Waals surface area (Å²) in [4.78, 5) is 26.1. The van der Waals surface area contributed by atoms with E-state index < -0.39 is 5.97 Å². The molecule has 0 spiro atoms. The fourth-order valence-electron chi connectivity index (χ4n) is 1.19. The average Bonchev–Trinajstić information content (AvgIpc) is 2.24. The van der Waals surface area contributed by atoms with E-state index in [2.05, 4.69) is 10.3 Å². The Morgan fingerprint density at radius 1 is 1.39 bits per heavy atom. The Morgan fingerprint density at radius 3 is 2.50 bits per heavy atom. The summed E-state index contributed by atoms with van der Waals surface area (Å²) in [5.74, 6) is -0.822. The number of thioether (sulfide) groups is 1. The molecule has 0 fully saturated rings. The molecule has 0 aliphatic carbocycles. The number of amides is 1. The van der Waals surface area contributed by atoms with E-state index in [0.29, 0.717) is 5.03 Å². The molecule has 0 radical (unpaired) electrons. The van der Waals surface area contributed by atoms with Gasteiger partial charge in [0.1, 0.15) is 0 Å². The molecule has 1 heterocycles. The van der Waals surface area contributed by atoms with Gasteiger partial charge in [-0.1, -0.05) is 11.8 Å². The van der Waals surface area contributed by atoms with Crippen LogP contribution in [0, 0.1) is 0 Å². The van der Waals surface area contributed by atoms with Crippen molar-refractivity contribution in [2.24, 2.45) is 0 Å². The Balaban J connectivity index is 2.49. The van der Waals surface area contributed by atoms with Crippen LogP contribution in [0.1, 0.15) is 31.1 Å². The second-order valence-corrected chi connectivity index (χ2v) is 5.77. The van der Waals surface area contributed by atoms with Crippen LogP contribution in [0.2, 0.25) is 0 Å². The van der Waals surface area contributed by atoms with Gasteiger partial charge < -0.3 is 10.4 Å². The van der Waals surface area contributed by atoms with Crippen molar-refractivity contribution in [3.8, 4) is 0 Å². The third kappa shape index (κ3) is 5.18. The molecule has 0 bridgehead atoms. The molecule has 6 heteroatoms. The van der Waals surface area contributed by atoms with Gasteiger partial charge in [0, 0.05) is 11.7 Å². The van der Waals surface area contributed by atoms with Gasteiger partial charge in [-0.05, 0) is 32.9 Å². The summed E-state index contributed by atoms with van der Waals surface area (Å²) >= 11 is 1.27. The van der Waals surface area contributed by atoms with Crippen molar-refractivity contribution in [3.05, 3.63) is 23.9 Å². The van der Waals surface area contributed by atoms with Crippen molar-refractivity contribution in [2.45, 2.75) is 31.3 Å². The zero-order chi connectivity index (χ0) is 13.8. The molecular weight excluding hydrogens is 252 g/mol. The minimum atomic E-state index is -1.01. The number of rotatable bonds is 4. The molecule has 1 rings (SSSR count). The quantitative estimate of drug-likeness (QED) is 0.814. The van der Waals surface area contributed by atoms with Gasteiger partial charge in [0.25, 0.3) is 0 Å².